The summed E-state index contributed by atoms with van der Waals surface area (Å²) in [5.41, 5.74) is 0.327. The molecule has 0 radical (unpaired) electrons. The molecule has 1 aliphatic rings. The molecule has 2 rings (SSSR count). The van der Waals surface area contributed by atoms with Crippen molar-refractivity contribution in [1.29, 1.82) is 0 Å². The van der Waals surface area contributed by atoms with E-state index in [1.807, 2.05) is 0 Å². The fraction of sp³-hybridized carbons (Fsp3) is 0.545. The maximum Gasteiger partial charge on any atom is 0.407 e. The average Bonchev–Trinajstić information content (AvgIpc) is 2.39. The zero-order valence-corrected chi connectivity index (χ0v) is 9.98. The molecular weight excluding hydrogens is 241 g/mol. The number of rotatable bonds is 4. The zero-order chi connectivity index (χ0) is 13.0. The molecule has 1 atom stereocenters. The van der Waals surface area contributed by atoms with Crippen LogP contribution >= 0.6 is 0 Å². The quantitative estimate of drug-likeness (QED) is 0.865. The molecule has 2 heterocycles. The third-order valence-electron chi connectivity index (χ3n) is 2.61. The van der Waals surface area contributed by atoms with Crippen LogP contribution in [0.1, 0.15) is 12.6 Å². The van der Waals surface area contributed by atoms with Crippen LogP contribution in [0.15, 0.2) is 6.33 Å². The summed E-state index contributed by atoms with van der Waals surface area (Å²) in [4.78, 5) is 18.3. The van der Waals surface area contributed by atoms with Crippen LogP contribution in [0.4, 0.5) is 9.18 Å². The number of cyclic esters (lactones) is 1. The first-order chi connectivity index (χ1) is 8.70. The Bertz CT molecular complexity index is 432. The van der Waals surface area contributed by atoms with Crippen LogP contribution in [0.5, 0.6) is 5.88 Å². The van der Waals surface area contributed by atoms with Gasteiger partial charge in [0.25, 0.3) is 5.88 Å². The fourth-order valence-corrected chi connectivity index (χ4v) is 1.57. The summed E-state index contributed by atoms with van der Waals surface area (Å²) in [5, 5.41) is 2.54. The van der Waals surface area contributed by atoms with Crippen LogP contribution in [0.2, 0.25) is 0 Å². The van der Waals surface area contributed by atoms with Crippen molar-refractivity contribution in [3.63, 3.8) is 0 Å². The van der Waals surface area contributed by atoms with E-state index in [-0.39, 0.29) is 25.0 Å². The van der Waals surface area contributed by atoms with E-state index in [0.717, 1.165) is 0 Å². The molecule has 1 aliphatic heterocycles. The van der Waals surface area contributed by atoms with Crippen LogP contribution in [0.3, 0.4) is 0 Å². The zero-order valence-electron chi connectivity index (χ0n) is 9.98. The SMILES string of the molecule is CCc1ncnc(OCC2CNC(=O)OC2)c1F. The topological polar surface area (TPSA) is 73.3 Å². The van der Waals surface area contributed by atoms with Crippen molar-refractivity contribution >= 4 is 6.09 Å². The number of carbonyl (C=O) groups is 1. The minimum absolute atomic E-state index is 0.0119. The number of hydrogen-bond donors (Lipinski definition) is 1. The number of ether oxygens (including phenoxy) is 2. The Morgan fingerprint density at radius 2 is 2.44 bits per heavy atom. The Balaban J connectivity index is 1.92. The molecule has 98 valence electrons. The van der Waals surface area contributed by atoms with Gasteiger partial charge in [-0.15, -0.1) is 0 Å². The number of alkyl carbamates (subject to hydrolysis) is 1. The molecule has 0 spiro atoms. The lowest BCUT2D eigenvalue weighted by Crippen LogP contribution is -2.41. The van der Waals surface area contributed by atoms with E-state index in [9.17, 15) is 9.18 Å². The van der Waals surface area contributed by atoms with E-state index < -0.39 is 11.9 Å². The van der Waals surface area contributed by atoms with Crippen LogP contribution in [-0.4, -0.2) is 35.8 Å². The molecule has 0 saturated carbocycles. The third kappa shape index (κ3) is 2.85. The Morgan fingerprint density at radius 3 is 3.11 bits per heavy atom. The molecule has 6 nitrogen and oxygen atoms in total. The first-order valence-corrected chi connectivity index (χ1v) is 5.73. The number of amides is 1. The van der Waals surface area contributed by atoms with Crippen molar-refractivity contribution in [2.45, 2.75) is 13.3 Å². The Kier molecular flexibility index (Phi) is 3.91. The van der Waals surface area contributed by atoms with Gasteiger partial charge in [-0.2, -0.15) is 9.37 Å². The predicted molar refractivity (Wildman–Crippen MR) is 59.7 cm³/mol. The number of halogens is 1. The largest absolute Gasteiger partial charge is 0.475 e. The van der Waals surface area contributed by atoms with Crippen molar-refractivity contribution in [3.05, 3.63) is 17.8 Å². The summed E-state index contributed by atoms with van der Waals surface area (Å²) in [6.45, 7) is 2.75. The standard InChI is InChI=1S/C11H14FN3O3/c1-2-8-9(12)10(15-6-14-8)17-4-7-3-13-11(16)18-5-7/h6-7H,2-5H2,1H3,(H,13,16). The summed E-state index contributed by atoms with van der Waals surface area (Å²) in [6, 6.07) is 0. The Morgan fingerprint density at radius 1 is 1.61 bits per heavy atom. The highest BCUT2D eigenvalue weighted by molar-refractivity contribution is 5.67. The maximum absolute atomic E-state index is 13.7. The van der Waals surface area contributed by atoms with Crippen molar-refractivity contribution < 1.29 is 18.7 Å². The van der Waals surface area contributed by atoms with Crippen molar-refractivity contribution in [1.82, 2.24) is 15.3 Å². The van der Waals surface area contributed by atoms with Crippen molar-refractivity contribution in [2.75, 3.05) is 19.8 Å². The average molecular weight is 255 g/mol. The predicted octanol–water partition coefficient (Wildman–Crippen LogP) is 0.913. The summed E-state index contributed by atoms with van der Waals surface area (Å²) >= 11 is 0. The molecule has 0 aromatic carbocycles. The Labute approximate surface area is 104 Å². The number of nitrogens with one attached hydrogen (secondary N) is 1. The maximum atomic E-state index is 13.7. The lowest BCUT2D eigenvalue weighted by Gasteiger charge is -2.22. The number of hydrogen-bond acceptors (Lipinski definition) is 5. The molecular formula is C11H14FN3O3. The smallest absolute Gasteiger partial charge is 0.407 e. The van der Waals surface area contributed by atoms with Crippen LogP contribution in [0.25, 0.3) is 0 Å². The van der Waals surface area contributed by atoms with Gasteiger partial charge in [0.2, 0.25) is 5.82 Å². The second kappa shape index (κ2) is 5.61. The van der Waals surface area contributed by atoms with E-state index >= 15 is 0 Å². The van der Waals surface area contributed by atoms with E-state index in [0.29, 0.717) is 18.7 Å². The van der Waals surface area contributed by atoms with Gasteiger partial charge in [-0.3, -0.25) is 0 Å². The van der Waals surface area contributed by atoms with Gasteiger partial charge in [-0.05, 0) is 6.42 Å². The molecule has 1 N–H and O–H groups in total. The Hall–Kier alpha value is -1.92. The minimum Gasteiger partial charge on any atom is -0.475 e. The molecule has 0 bridgehead atoms. The highest BCUT2D eigenvalue weighted by Crippen LogP contribution is 2.16. The second-order valence-corrected chi connectivity index (χ2v) is 3.95. The van der Waals surface area contributed by atoms with E-state index in [1.54, 1.807) is 6.92 Å². The van der Waals surface area contributed by atoms with Crippen molar-refractivity contribution in [3.8, 4) is 5.88 Å². The molecule has 1 unspecified atom stereocenters. The second-order valence-electron chi connectivity index (χ2n) is 3.95. The first-order valence-electron chi connectivity index (χ1n) is 5.73. The first kappa shape index (κ1) is 12.5. The van der Waals surface area contributed by atoms with Gasteiger partial charge in [0.05, 0.1) is 12.3 Å². The molecule has 1 aromatic rings. The number of aryl methyl sites for hydroxylation is 1. The van der Waals surface area contributed by atoms with Gasteiger partial charge in [-0.1, -0.05) is 6.92 Å². The number of aromatic nitrogens is 2. The normalized spacial score (nSPS) is 19.0. The molecule has 1 amide bonds. The molecule has 7 heteroatoms. The highest BCUT2D eigenvalue weighted by atomic mass is 19.1. The third-order valence-corrected chi connectivity index (χ3v) is 2.61. The fourth-order valence-electron chi connectivity index (χ4n) is 1.57. The molecule has 1 fully saturated rings. The van der Waals surface area contributed by atoms with Crippen molar-refractivity contribution in [2.24, 2.45) is 5.92 Å². The van der Waals surface area contributed by atoms with E-state index in [4.69, 9.17) is 9.47 Å². The van der Waals surface area contributed by atoms with Crippen LogP contribution < -0.4 is 10.1 Å². The van der Waals surface area contributed by atoms with Crippen LogP contribution in [-0.2, 0) is 11.2 Å². The molecule has 18 heavy (non-hydrogen) atoms. The number of nitrogens with zero attached hydrogens (tertiary/aromatic N) is 2. The lowest BCUT2D eigenvalue weighted by atomic mass is 10.1. The van der Waals surface area contributed by atoms with Gasteiger partial charge in [0, 0.05) is 12.5 Å². The molecule has 1 aromatic heterocycles. The summed E-state index contributed by atoms with van der Waals surface area (Å²) < 4.78 is 23.8. The van der Waals surface area contributed by atoms with E-state index in [1.165, 1.54) is 6.33 Å². The summed E-state index contributed by atoms with van der Waals surface area (Å²) in [5.74, 6) is -0.596. The van der Waals surface area contributed by atoms with Gasteiger partial charge in [0.15, 0.2) is 0 Å². The lowest BCUT2D eigenvalue weighted by molar-refractivity contribution is 0.0816. The summed E-state index contributed by atoms with van der Waals surface area (Å²) in [7, 11) is 0. The number of carbonyl (C=O) groups excluding carboxylic acids is 1. The van der Waals surface area contributed by atoms with Gasteiger partial charge < -0.3 is 14.8 Å². The van der Waals surface area contributed by atoms with E-state index in [2.05, 4.69) is 15.3 Å². The van der Waals surface area contributed by atoms with Gasteiger partial charge in [0.1, 0.15) is 12.9 Å². The minimum atomic E-state index is -0.527. The van der Waals surface area contributed by atoms with Gasteiger partial charge >= 0.3 is 6.09 Å². The molecule has 1 saturated heterocycles. The highest BCUT2D eigenvalue weighted by Gasteiger charge is 2.20. The monoisotopic (exact) mass is 255 g/mol. The summed E-state index contributed by atoms with van der Waals surface area (Å²) in [6.07, 6.45) is 1.32. The molecule has 0 aliphatic carbocycles. The van der Waals surface area contributed by atoms with Crippen LogP contribution in [0, 0.1) is 11.7 Å². The van der Waals surface area contributed by atoms with Gasteiger partial charge in [-0.25, -0.2) is 9.78 Å².